The Morgan fingerprint density at radius 2 is 1.51 bits per heavy atom. The normalized spacial score (nSPS) is 10.5. The molecule has 0 saturated carbocycles. The minimum Gasteiger partial charge on any atom is -0.496 e. The highest BCUT2D eigenvalue weighted by atomic mass is 32.1. The molecule has 4 rings (SSSR count). The van der Waals surface area contributed by atoms with E-state index in [-0.39, 0.29) is 10.7 Å². The van der Waals surface area contributed by atoms with Gasteiger partial charge in [0.05, 0.1) is 26.9 Å². The molecule has 9 heteroatoms. The van der Waals surface area contributed by atoms with E-state index in [9.17, 15) is 9.59 Å². The van der Waals surface area contributed by atoms with Crippen LogP contribution in [0.5, 0.6) is 17.2 Å². The molecule has 0 aliphatic heterocycles. The monoisotopic (exact) mass is 490 g/mol. The molecular weight excluding hydrogens is 468 g/mol. The summed E-state index contributed by atoms with van der Waals surface area (Å²) in [5, 5.41) is 6.43. The molecule has 178 valence electrons. The molecule has 0 bridgehead atoms. The highest BCUT2D eigenvalue weighted by Gasteiger charge is 2.19. The average Bonchev–Trinajstić information content (AvgIpc) is 2.87. The topological polar surface area (TPSA) is 99.0 Å². The van der Waals surface area contributed by atoms with E-state index >= 15 is 0 Å². The molecule has 0 spiro atoms. The second-order valence-corrected chi connectivity index (χ2v) is 7.75. The Balaban J connectivity index is 1.57. The lowest BCUT2D eigenvalue weighted by Crippen LogP contribution is -2.34. The molecule has 0 saturated heterocycles. The number of rotatable bonds is 6. The number of hydrogen-bond donors (Lipinski definition) is 2. The number of carbonyl (C=O) groups is 1. The molecule has 2 N–H and O–H groups in total. The van der Waals surface area contributed by atoms with Crippen LogP contribution in [-0.4, -0.2) is 32.3 Å². The lowest BCUT2D eigenvalue weighted by Gasteiger charge is -2.15. The summed E-state index contributed by atoms with van der Waals surface area (Å²) in [6.45, 7) is 0. The molecular formula is C26H22N2O6S. The van der Waals surface area contributed by atoms with Gasteiger partial charge in [0, 0.05) is 22.7 Å². The van der Waals surface area contributed by atoms with Crippen LogP contribution in [0.3, 0.4) is 0 Å². The number of anilines is 1. The number of thiocarbonyl (C=S) groups is 1. The summed E-state index contributed by atoms with van der Waals surface area (Å²) in [6, 6.07) is 19.2. The Morgan fingerprint density at radius 1 is 0.829 bits per heavy atom. The van der Waals surface area contributed by atoms with Crippen molar-refractivity contribution in [1.29, 1.82) is 0 Å². The van der Waals surface area contributed by atoms with Gasteiger partial charge in [-0.05, 0) is 48.6 Å². The van der Waals surface area contributed by atoms with Crippen molar-refractivity contribution in [3.05, 3.63) is 82.7 Å². The van der Waals surface area contributed by atoms with Crippen molar-refractivity contribution in [2.75, 3.05) is 26.6 Å². The fraction of sp³-hybridized carbons (Fsp3) is 0.115. The first-order chi connectivity index (χ1) is 16.9. The van der Waals surface area contributed by atoms with E-state index in [0.717, 1.165) is 5.39 Å². The van der Waals surface area contributed by atoms with Crippen molar-refractivity contribution in [2.24, 2.45) is 0 Å². The number of para-hydroxylation sites is 1. The predicted octanol–water partition coefficient (Wildman–Crippen LogP) is 4.61. The zero-order chi connectivity index (χ0) is 24.9. The quantitative estimate of drug-likeness (QED) is 0.299. The van der Waals surface area contributed by atoms with E-state index in [0.29, 0.717) is 39.6 Å². The van der Waals surface area contributed by atoms with E-state index < -0.39 is 11.5 Å². The summed E-state index contributed by atoms with van der Waals surface area (Å²) in [5.41, 5.74) is 1.73. The van der Waals surface area contributed by atoms with Gasteiger partial charge in [-0.15, -0.1) is 0 Å². The fourth-order valence-corrected chi connectivity index (χ4v) is 3.85. The predicted molar refractivity (Wildman–Crippen MR) is 138 cm³/mol. The number of benzene rings is 3. The van der Waals surface area contributed by atoms with Crippen LogP contribution in [0.2, 0.25) is 0 Å². The first-order valence-electron chi connectivity index (χ1n) is 10.5. The van der Waals surface area contributed by atoms with E-state index in [1.807, 2.05) is 12.1 Å². The van der Waals surface area contributed by atoms with Crippen LogP contribution in [-0.2, 0) is 0 Å². The van der Waals surface area contributed by atoms with Gasteiger partial charge in [-0.1, -0.05) is 24.3 Å². The minimum absolute atomic E-state index is 0.0583. The Bertz CT molecular complexity index is 1460. The maximum atomic E-state index is 12.8. The van der Waals surface area contributed by atoms with E-state index in [2.05, 4.69) is 10.6 Å². The largest absolute Gasteiger partial charge is 0.496 e. The Morgan fingerprint density at radius 3 is 2.20 bits per heavy atom. The molecule has 0 radical (unpaired) electrons. The molecule has 1 aromatic heterocycles. The first-order valence-corrected chi connectivity index (χ1v) is 10.9. The smallest absolute Gasteiger partial charge is 0.344 e. The van der Waals surface area contributed by atoms with Gasteiger partial charge in [-0.3, -0.25) is 10.1 Å². The number of amides is 1. The number of hydrogen-bond acceptors (Lipinski definition) is 7. The van der Waals surface area contributed by atoms with Crippen LogP contribution in [0.15, 0.2) is 75.9 Å². The van der Waals surface area contributed by atoms with E-state index in [1.165, 1.54) is 21.3 Å². The molecule has 35 heavy (non-hydrogen) atoms. The van der Waals surface area contributed by atoms with Crippen molar-refractivity contribution >= 4 is 39.9 Å². The maximum Gasteiger partial charge on any atom is 0.344 e. The SMILES string of the molecule is COc1cc(NC(=S)NC(=O)c2c(OC)cccc2OC)ccc1-c1cc2ccccc2oc1=O. The van der Waals surface area contributed by atoms with Gasteiger partial charge in [0.15, 0.2) is 5.11 Å². The van der Waals surface area contributed by atoms with Crippen LogP contribution in [0.1, 0.15) is 10.4 Å². The van der Waals surface area contributed by atoms with Gasteiger partial charge in [-0.25, -0.2) is 4.79 Å². The Kier molecular flexibility index (Phi) is 6.98. The number of fused-ring (bicyclic) bond motifs is 1. The Hall–Kier alpha value is -4.37. The maximum absolute atomic E-state index is 12.8. The van der Waals surface area contributed by atoms with Gasteiger partial charge >= 0.3 is 5.63 Å². The van der Waals surface area contributed by atoms with Crippen molar-refractivity contribution in [2.45, 2.75) is 0 Å². The van der Waals surface area contributed by atoms with E-state index in [4.69, 9.17) is 30.8 Å². The first kappa shape index (κ1) is 23.8. The molecule has 0 fully saturated rings. The van der Waals surface area contributed by atoms with Crippen LogP contribution >= 0.6 is 12.2 Å². The lowest BCUT2D eigenvalue weighted by atomic mass is 10.0. The average molecular weight is 491 g/mol. The van der Waals surface area contributed by atoms with Crippen LogP contribution < -0.4 is 30.5 Å². The highest BCUT2D eigenvalue weighted by molar-refractivity contribution is 7.80. The van der Waals surface area contributed by atoms with E-state index in [1.54, 1.807) is 54.6 Å². The Labute approximate surface area is 206 Å². The lowest BCUT2D eigenvalue weighted by molar-refractivity contribution is 0.0971. The summed E-state index contributed by atoms with van der Waals surface area (Å²) in [7, 11) is 4.43. The number of nitrogens with one attached hydrogen (secondary N) is 2. The number of carbonyl (C=O) groups excluding carboxylic acids is 1. The third kappa shape index (κ3) is 4.95. The van der Waals surface area contributed by atoms with Crippen molar-refractivity contribution in [3.8, 4) is 28.4 Å². The highest BCUT2D eigenvalue weighted by Crippen LogP contribution is 2.32. The van der Waals surface area contributed by atoms with Crippen molar-refractivity contribution < 1.29 is 23.4 Å². The molecule has 0 aliphatic rings. The van der Waals surface area contributed by atoms with Crippen LogP contribution in [0, 0.1) is 0 Å². The summed E-state index contributed by atoms with van der Waals surface area (Å²) in [5.74, 6) is 0.641. The third-order valence-electron chi connectivity index (χ3n) is 5.27. The molecule has 1 amide bonds. The van der Waals surface area contributed by atoms with Gasteiger partial charge < -0.3 is 23.9 Å². The summed E-state index contributed by atoms with van der Waals surface area (Å²) in [4.78, 5) is 25.4. The minimum atomic E-state index is -0.492. The standard InChI is InChI=1S/C26H22N2O6S/c1-31-20-9-6-10-21(32-2)23(20)24(29)28-26(35)27-16-11-12-17(22(14-16)33-3)18-13-15-7-4-5-8-19(15)34-25(18)30/h4-14H,1-3H3,(H2,27,28,29,35). The third-order valence-corrected chi connectivity index (χ3v) is 5.48. The second-order valence-electron chi connectivity index (χ2n) is 7.35. The van der Waals surface area contributed by atoms with Gasteiger partial charge in [0.2, 0.25) is 0 Å². The summed E-state index contributed by atoms with van der Waals surface area (Å²) in [6.07, 6.45) is 0. The summed E-state index contributed by atoms with van der Waals surface area (Å²) >= 11 is 5.32. The molecule has 3 aromatic carbocycles. The summed E-state index contributed by atoms with van der Waals surface area (Å²) < 4.78 is 21.5. The van der Waals surface area contributed by atoms with Gasteiger partial charge in [0.1, 0.15) is 28.4 Å². The zero-order valence-electron chi connectivity index (χ0n) is 19.2. The number of methoxy groups -OCH3 is 3. The van der Waals surface area contributed by atoms with Crippen molar-refractivity contribution in [3.63, 3.8) is 0 Å². The van der Waals surface area contributed by atoms with Gasteiger partial charge in [0.25, 0.3) is 5.91 Å². The molecule has 0 aliphatic carbocycles. The number of ether oxygens (including phenoxy) is 3. The molecule has 0 unspecified atom stereocenters. The molecule has 0 atom stereocenters. The van der Waals surface area contributed by atoms with Crippen molar-refractivity contribution in [1.82, 2.24) is 5.32 Å². The molecule has 8 nitrogen and oxygen atoms in total. The van der Waals surface area contributed by atoms with Crippen LogP contribution in [0.25, 0.3) is 22.1 Å². The van der Waals surface area contributed by atoms with Gasteiger partial charge in [-0.2, -0.15) is 0 Å². The zero-order valence-corrected chi connectivity index (χ0v) is 20.0. The fourth-order valence-electron chi connectivity index (χ4n) is 3.64. The molecule has 4 aromatic rings. The molecule has 1 heterocycles. The van der Waals surface area contributed by atoms with Crippen LogP contribution in [0.4, 0.5) is 5.69 Å². The second kappa shape index (κ2) is 10.3.